The lowest BCUT2D eigenvalue weighted by molar-refractivity contribution is -0.120. The van der Waals surface area contributed by atoms with E-state index in [0.29, 0.717) is 32.1 Å². The number of carbonyl (C=O) groups is 2. The Morgan fingerprint density at radius 2 is 1.83 bits per heavy atom. The summed E-state index contributed by atoms with van der Waals surface area (Å²) in [5.41, 5.74) is -0.430. The van der Waals surface area contributed by atoms with Crippen molar-refractivity contribution < 1.29 is 23.1 Å². The molecule has 23 heavy (non-hydrogen) atoms. The van der Waals surface area contributed by atoms with E-state index < -0.39 is 23.7 Å². The minimum Gasteiger partial charge on any atom is -0.446 e. The Morgan fingerprint density at radius 3 is 2.30 bits per heavy atom. The van der Waals surface area contributed by atoms with E-state index in [1.807, 2.05) is 20.8 Å². The molecule has 0 spiro atoms. The Balaban J connectivity index is 2.65. The molecule has 0 radical (unpaired) electrons. The highest BCUT2D eigenvalue weighted by molar-refractivity contribution is 5.78. The molecule has 1 N–H and O–H groups in total. The van der Waals surface area contributed by atoms with Gasteiger partial charge >= 0.3 is 6.09 Å². The number of carbonyl (C=O) groups excluding carboxylic acids is 2. The topological polar surface area (TPSA) is 55.4 Å². The number of amides is 1. The maximum Gasteiger partial charge on any atom is 0.407 e. The van der Waals surface area contributed by atoms with Gasteiger partial charge in [0.15, 0.2) is 0 Å². The predicted molar refractivity (Wildman–Crippen MR) is 84.6 cm³/mol. The molecule has 0 heterocycles. The fourth-order valence-corrected chi connectivity index (χ4v) is 2.78. The third kappa shape index (κ3) is 7.75. The van der Waals surface area contributed by atoms with Crippen LogP contribution in [0.4, 0.5) is 13.6 Å². The van der Waals surface area contributed by atoms with Gasteiger partial charge in [-0.2, -0.15) is 0 Å². The van der Waals surface area contributed by atoms with Crippen molar-refractivity contribution in [3.05, 3.63) is 0 Å². The Morgan fingerprint density at radius 1 is 1.26 bits per heavy atom. The monoisotopic (exact) mass is 333 g/mol. The van der Waals surface area contributed by atoms with Crippen LogP contribution in [0, 0.1) is 5.92 Å². The molecule has 0 aromatic heterocycles. The van der Waals surface area contributed by atoms with E-state index in [2.05, 4.69) is 5.32 Å². The van der Waals surface area contributed by atoms with Gasteiger partial charge in [-0.1, -0.05) is 6.92 Å². The van der Waals surface area contributed by atoms with Gasteiger partial charge in [0.05, 0.1) is 0 Å². The molecule has 0 saturated heterocycles. The van der Waals surface area contributed by atoms with Crippen LogP contribution in [0.5, 0.6) is 0 Å². The highest BCUT2D eigenvalue weighted by Gasteiger charge is 2.39. The van der Waals surface area contributed by atoms with Crippen LogP contribution in [0.3, 0.4) is 0 Å². The highest BCUT2D eigenvalue weighted by atomic mass is 19.3. The van der Waals surface area contributed by atoms with E-state index in [-0.39, 0.29) is 24.5 Å². The normalized spacial score (nSPS) is 19.9. The summed E-state index contributed by atoms with van der Waals surface area (Å²) in [6, 6.07) is 0. The molecule has 0 aromatic carbocycles. The molecule has 4 nitrogen and oxygen atoms in total. The molecule has 0 aliphatic heterocycles. The van der Waals surface area contributed by atoms with Crippen LogP contribution in [0.1, 0.15) is 72.6 Å². The summed E-state index contributed by atoms with van der Waals surface area (Å²) in [7, 11) is 0. The number of ether oxygens (including phenoxy) is 1. The van der Waals surface area contributed by atoms with Gasteiger partial charge in [0, 0.05) is 31.2 Å². The Labute approximate surface area is 137 Å². The number of hydrogen-bond donors (Lipinski definition) is 1. The number of halogens is 2. The van der Waals surface area contributed by atoms with E-state index in [9.17, 15) is 18.4 Å². The van der Waals surface area contributed by atoms with Crippen LogP contribution in [-0.2, 0) is 9.53 Å². The molecule has 1 fully saturated rings. The average molecular weight is 333 g/mol. The van der Waals surface area contributed by atoms with Gasteiger partial charge in [-0.15, -0.1) is 0 Å². The average Bonchev–Trinajstić information content (AvgIpc) is 2.41. The lowest BCUT2D eigenvalue weighted by Gasteiger charge is -2.34. The fourth-order valence-electron chi connectivity index (χ4n) is 2.78. The number of alkyl halides is 2. The summed E-state index contributed by atoms with van der Waals surface area (Å²) in [4.78, 5) is 23.5. The second-order valence-electron chi connectivity index (χ2n) is 7.44. The zero-order valence-electron chi connectivity index (χ0n) is 14.6. The molecule has 1 amide bonds. The van der Waals surface area contributed by atoms with Gasteiger partial charge in [-0.3, -0.25) is 4.79 Å². The van der Waals surface area contributed by atoms with Crippen LogP contribution in [0.25, 0.3) is 0 Å². The van der Waals surface area contributed by atoms with Crippen LogP contribution in [-0.4, -0.2) is 29.4 Å². The van der Waals surface area contributed by atoms with Gasteiger partial charge in [-0.25, -0.2) is 13.6 Å². The minimum absolute atomic E-state index is 0.0935. The summed E-state index contributed by atoms with van der Waals surface area (Å²) in [6.07, 6.45) is 0.399. The SMILES string of the molecule is CCC(=O)CC[C@H](OC(=O)NC(C)(C)C)C1CCC(F)(F)CC1. The number of Topliss-reactive ketones (excluding diaryl/α,β-unsaturated/α-hetero) is 1. The van der Waals surface area contributed by atoms with E-state index in [1.54, 1.807) is 6.92 Å². The molecular weight excluding hydrogens is 304 g/mol. The van der Waals surface area contributed by atoms with E-state index in [4.69, 9.17) is 4.74 Å². The number of rotatable bonds is 6. The number of nitrogens with one attached hydrogen (secondary N) is 1. The first-order valence-corrected chi connectivity index (χ1v) is 8.41. The molecule has 6 heteroatoms. The van der Waals surface area contributed by atoms with Crippen molar-refractivity contribution in [1.82, 2.24) is 5.32 Å². The second kappa shape index (κ2) is 8.06. The van der Waals surface area contributed by atoms with Gasteiger partial charge in [0.1, 0.15) is 11.9 Å². The van der Waals surface area contributed by atoms with Crippen molar-refractivity contribution >= 4 is 11.9 Å². The van der Waals surface area contributed by atoms with Crippen LogP contribution in [0.2, 0.25) is 0 Å². The van der Waals surface area contributed by atoms with Crippen molar-refractivity contribution in [2.24, 2.45) is 5.92 Å². The largest absolute Gasteiger partial charge is 0.446 e. The maximum absolute atomic E-state index is 13.3. The predicted octanol–water partition coefficient (Wildman–Crippen LogP) is 4.46. The summed E-state index contributed by atoms with van der Waals surface area (Å²) >= 11 is 0. The number of ketones is 1. The molecule has 1 aliphatic carbocycles. The minimum atomic E-state index is -2.62. The standard InChI is InChI=1S/C17H29F2NO3/c1-5-13(21)6-7-14(23-15(22)20-16(2,3)4)12-8-10-17(18,19)11-9-12/h12,14H,5-11H2,1-4H3,(H,20,22)/t14-/m0/s1. The molecule has 1 atom stereocenters. The molecule has 1 rings (SSSR count). The molecule has 0 aromatic rings. The molecule has 134 valence electrons. The third-order valence-electron chi connectivity index (χ3n) is 4.13. The van der Waals surface area contributed by atoms with E-state index in [1.165, 1.54) is 0 Å². The number of hydrogen-bond acceptors (Lipinski definition) is 3. The summed E-state index contributed by atoms with van der Waals surface area (Å²) < 4.78 is 32.1. The fraction of sp³-hybridized carbons (Fsp3) is 0.882. The molecular formula is C17H29F2NO3. The smallest absolute Gasteiger partial charge is 0.407 e. The highest BCUT2D eigenvalue weighted by Crippen LogP contribution is 2.39. The van der Waals surface area contributed by atoms with Crippen LogP contribution in [0.15, 0.2) is 0 Å². The Kier molecular flexibility index (Phi) is 6.96. The Hall–Kier alpha value is -1.20. The first-order valence-electron chi connectivity index (χ1n) is 8.41. The third-order valence-corrected chi connectivity index (χ3v) is 4.13. The zero-order chi connectivity index (χ0) is 17.7. The molecule has 1 aliphatic rings. The lowest BCUT2D eigenvalue weighted by atomic mass is 9.81. The molecule has 1 saturated carbocycles. The van der Waals surface area contributed by atoms with E-state index >= 15 is 0 Å². The van der Waals surface area contributed by atoms with Gasteiger partial charge in [0.2, 0.25) is 5.92 Å². The first-order chi connectivity index (χ1) is 10.5. The van der Waals surface area contributed by atoms with Crippen LogP contribution < -0.4 is 5.32 Å². The first kappa shape index (κ1) is 19.8. The Bertz CT molecular complexity index is 409. The number of alkyl carbamates (subject to hydrolysis) is 1. The van der Waals surface area contributed by atoms with Crippen molar-refractivity contribution in [2.75, 3.05) is 0 Å². The van der Waals surface area contributed by atoms with Gasteiger partial charge in [0.25, 0.3) is 0 Å². The second-order valence-corrected chi connectivity index (χ2v) is 7.44. The van der Waals surface area contributed by atoms with Crippen molar-refractivity contribution in [2.45, 2.75) is 90.2 Å². The van der Waals surface area contributed by atoms with Crippen molar-refractivity contribution in [3.63, 3.8) is 0 Å². The van der Waals surface area contributed by atoms with Gasteiger partial charge in [-0.05, 0) is 46.0 Å². The van der Waals surface area contributed by atoms with Crippen molar-refractivity contribution in [1.29, 1.82) is 0 Å². The summed E-state index contributed by atoms with van der Waals surface area (Å²) in [5.74, 6) is -2.63. The summed E-state index contributed by atoms with van der Waals surface area (Å²) in [5, 5.41) is 2.71. The van der Waals surface area contributed by atoms with Gasteiger partial charge < -0.3 is 10.1 Å². The maximum atomic E-state index is 13.3. The summed E-state index contributed by atoms with van der Waals surface area (Å²) in [6.45, 7) is 7.30. The molecule has 0 bridgehead atoms. The lowest BCUT2D eigenvalue weighted by Crippen LogP contribution is -2.44. The molecule has 0 unspecified atom stereocenters. The van der Waals surface area contributed by atoms with Crippen LogP contribution >= 0.6 is 0 Å². The van der Waals surface area contributed by atoms with E-state index in [0.717, 1.165) is 0 Å². The zero-order valence-corrected chi connectivity index (χ0v) is 14.6. The van der Waals surface area contributed by atoms with Crippen molar-refractivity contribution in [3.8, 4) is 0 Å². The quantitative estimate of drug-likeness (QED) is 0.780.